The molecule has 1 aliphatic heterocycles. The number of hydrogen-bond acceptors (Lipinski definition) is 5. The van der Waals surface area contributed by atoms with Crippen molar-refractivity contribution in [3.8, 4) is 0 Å². The van der Waals surface area contributed by atoms with E-state index >= 15 is 0 Å². The molecule has 4 nitrogen and oxygen atoms in total. The fraction of sp³-hybridized carbons (Fsp3) is 0.750. The Morgan fingerprint density at radius 1 is 1.29 bits per heavy atom. The van der Waals surface area contributed by atoms with Gasteiger partial charge in [-0.05, 0) is 31.9 Å². The lowest BCUT2D eigenvalue weighted by Crippen LogP contribution is -2.27. The highest BCUT2D eigenvalue weighted by molar-refractivity contribution is 8.00. The van der Waals surface area contributed by atoms with Crippen LogP contribution in [0.15, 0.2) is 6.07 Å². The second kappa shape index (κ2) is 7.34. The molecule has 21 heavy (non-hydrogen) atoms. The fourth-order valence-electron chi connectivity index (χ4n) is 2.41. The molecule has 0 saturated carbocycles. The van der Waals surface area contributed by atoms with Crippen LogP contribution >= 0.6 is 11.8 Å². The van der Waals surface area contributed by atoms with E-state index < -0.39 is 0 Å². The average Bonchev–Trinajstić information content (AvgIpc) is 2.90. The van der Waals surface area contributed by atoms with Crippen molar-refractivity contribution in [3.63, 3.8) is 0 Å². The third-order valence-corrected chi connectivity index (χ3v) is 5.30. The minimum atomic E-state index is 0.338. The molecule has 1 saturated heterocycles. The van der Waals surface area contributed by atoms with Crippen molar-refractivity contribution in [2.45, 2.75) is 57.6 Å². The first-order chi connectivity index (χ1) is 10.0. The zero-order valence-electron chi connectivity index (χ0n) is 13.7. The Morgan fingerprint density at radius 2 is 2.00 bits per heavy atom. The second-order valence-electron chi connectivity index (χ2n) is 6.33. The van der Waals surface area contributed by atoms with Crippen molar-refractivity contribution in [1.29, 1.82) is 0 Å². The largest absolute Gasteiger partial charge is 0.370 e. The second-order valence-corrected chi connectivity index (χ2v) is 8.02. The van der Waals surface area contributed by atoms with Gasteiger partial charge in [-0.1, -0.05) is 20.8 Å². The van der Waals surface area contributed by atoms with E-state index in [2.05, 4.69) is 60.1 Å². The number of anilines is 2. The van der Waals surface area contributed by atoms with E-state index in [1.54, 1.807) is 0 Å². The van der Waals surface area contributed by atoms with E-state index in [9.17, 15) is 0 Å². The maximum Gasteiger partial charge on any atom is 0.135 e. The predicted octanol–water partition coefficient (Wildman–Crippen LogP) is 4.12. The molecule has 1 aliphatic rings. The smallest absolute Gasteiger partial charge is 0.135 e. The molecule has 118 valence electrons. The van der Waals surface area contributed by atoms with Gasteiger partial charge in [-0.25, -0.2) is 9.97 Å². The van der Waals surface area contributed by atoms with E-state index in [0.29, 0.717) is 10.7 Å². The zero-order valence-corrected chi connectivity index (χ0v) is 14.5. The van der Waals surface area contributed by atoms with Gasteiger partial charge in [-0.3, -0.25) is 0 Å². The quantitative estimate of drug-likeness (QED) is 0.793. The molecule has 0 aromatic carbocycles. The van der Waals surface area contributed by atoms with Gasteiger partial charge in [0.05, 0.1) is 0 Å². The van der Waals surface area contributed by atoms with Crippen LogP contribution in [0.2, 0.25) is 0 Å². The van der Waals surface area contributed by atoms with Crippen LogP contribution in [0.3, 0.4) is 0 Å². The summed E-state index contributed by atoms with van der Waals surface area (Å²) >= 11 is 2.07. The summed E-state index contributed by atoms with van der Waals surface area (Å²) in [7, 11) is 0. The Labute approximate surface area is 132 Å². The first-order valence-electron chi connectivity index (χ1n) is 8.03. The number of rotatable bonds is 7. The number of nitrogens with zero attached hydrogens (tertiary/aromatic N) is 2. The number of nitrogens with one attached hydrogen (secondary N) is 2. The summed E-state index contributed by atoms with van der Waals surface area (Å²) in [5, 5.41) is 6.90. The summed E-state index contributed by atoms with van der Waals surface area (Å²) in [4.78, 5) is 9.26. The molecular formula is C16H28N4S. The molecular weight excluding hydrogens is 280 g/mol. The van der Waals surface area contributed by atoms with Crippen LogP contribution in [-0.4, -0.2) is 33.6 Å². The van der Waals surface area contributed by atoms with Crippen LogP contribution in [0.5, 0.6) is 0 Å². The molecule has 1 aromatic rings. The van der Waals surface area contributed by atoms with Gasteiger partial charge in [0.15, 0.2) is 0 Å². The summed E-state index contributed by atoms with van der Waals surface area (Å²) in [6.07, 6.45) is 3.71. The number of thioether (sulfide) groups is 1. The maximum atomic E-state index is 4.66. The van der Waals surface area contributed by atoms with Gasteiger partial charge < -0.3 is 10.6 Å². The van der Waals surface area contributed by atoms with Crippen molar-refractivity contribution in [2.24, 2.45) is 0 Å². The lowest BCUT2D eigenvalue weighted by Gasteiger charge is -2.23. The van der Waals surface area contributed by atoms with Gasteiger partial charge in [0, 0.05) is 29.8 Å². The van der Waals surface area contributed by atoms with Crippen molar-refractivity contribution in [3.05, 3.63) is 11.9 Å². The van der Waals surface area contributed by atoms with Crippen LogP contribution in [0.25, 0.3) is 0 Å². The van der Waals surface area contributed by atoms with Gasteiger partial charge in [-0.2, -0.15) is 11.8 Å². The zero-order chi connectivity index (χ0) is 15.3. The van der Waals surface area contributed by atoms with Crippen molar-refractivity contribution < 1.29 is 0 Å². The van der Waals surface area contributed by atoms with Crippen LogP contribution in [0.4, 0.5) is 11.6 Å². The molecule has 2 heterocycles. The molecule has 1 fully saturated rings. The number of hydrogen-bond donors (Lipinski definition) is 2. The van der Waals surface area contributed by atoms with Crippen LogP contribution in [-0.2, 0) is 0 Å². The lowest BCUT2D eigenvalue weighted by atomic mass is 10.1. The van der Waals surface area contributed by atoms with Gasteiger partial charge >= 0.3 is 0 Å². The average molecular weight is 308 g/mol. The first kappa shape index (κ1) is 16.4. The van der Waals surface area contributed by atoms with E-state index in [-0.39, 0.29) is 0 Å². The Balaban J connectivity index is 2.07. The highest BCUT2D eigenvalue weighted by Gasteiger charge is 2.29. The topological polar surface area (TPSA) is 49.8 Å². The van der Waals surface area contributed by atoms with Gasteiger partial charge in [0.1, 0.15) is 17.5 Å². The van der Waals surface area contributed by atoms with Crippen molar-refractivity contribution in [1.82, 2.24) is 9.97 Å². The molecule has 1 unspecified atom stereocenters. The molecule has 0 bridgehead atoms. The minimum absolute atomic E-state index is 0.338. The molecule has 1 atom stereocenters. The molecule has 2 N–H and O–H groups in total. The van der Waals surface area contributed by atoms with E-state index in [1.165, 1.54) is 18.6 Å². The SMILES string of the molecule is CCCNc1cc(NCC2(C)CCCS2)nc(C(C)C)n1. The summed E-state index contributed by atoms with van der Waals surface area (Å²) in [6.45, 7) is 10.7. The first-order valence-corrected chi connectivity index (χ1v) is 9.01. The Morgan fingerprint density at radius 3 is 2.57 bits per heavy atom. The molecule has 5 heteroatoms. The highest BCUT2D eigenvalue weighted by atomic mass is 32.2. The third-order valence-electron chi connectivity index (χ3n) is 3.76. The monoisotopic (exact) mass is 308 g/mol. The highest BCUT2D eigenvalue weighted by Crippen LogP contribution is 2.37. The van der Waals surface area contributed by atoms with Crippen molar-refractivity contribution in [2.75, 3.05) is 29.5 Å². The Kier molecular flexibility index (Phi) is 5.73. The molecule has 0 spiro atoms. The third kappa shape index (κ3) is 4.77. The van der Waals surface area contributed by atoms with E-state index in [1.807, 2.05) is 6.07 Å². The Bertz CT molecular complexity index is 456. The lowest BCUT2D eigenvalue weighted by molar-refractivity contribution is 0.633. The van der Waals surface area contributed by atoms with E-state index in [0.717, 1.165) is 37.0 Å². The summed E-state index contributed by atoms with van der Waals surface area (Å²) in [5.41, 5.74) is 0. The standard InChI is InChI=1S/C16H28N4S/c1-5-8-17-13-10-14(20-15(19-13)12(2)3)18-11-16(4)7-6-9-21-16/h10,12H,5-9,11H2,1-4H3,(H2,17,18,19,20). The summed E-state index contributed by atoms with van der Waals surface area (Å²) in [6, 6.07) is 2.03. The van der Waals surface area contributed by atoms with Crippen molar-refractivity contribution >= 4 is 23.4 Å². The number of aromatic nitrogens is 2. The molecule has 1 aromatic heterocycles. The van der Waals surface area contributed by atoms with E-state index in [4.69, 9.17) is 0 Å². The molecule has 0 aliphatic carbocycles. The van der Waals surface area contributed by atoms with Crippen LogP contribution < -0.4 is 10.6 Å². The molecule has 0 radical (unpaired) electrons. The molecule has 0 amide bonds. The normalized spacial score (nSPS) is 21.8. The van der Waals surface area contributed by atoms with Crippen LogP contribution in [0.1, 0.15) is 58.7 Å². The maximum absolute atomic E-state index is 4.66. The van der Waals surface area contributed by atoms with Gasteiger partial charge in [0.25, 0.3) is 0 Å². The van der Waals surface area contributed by atoms with Crippen LogP contribution in [0, 0.1) is 0 Å². The molecule has 2 rings (SSSR count). The fourth-order valence-corrected chi connectivity index (χ4v) is 3.66. The predicted molar refractivity (Wildman–Crippen MR) is 93.5 cm³/mol. The minimum Gasteiger partial charge on any atom is -0.370 e. The summed E-state index contributed by atoms with van der Waals surface area (Å²) < 4.78 is 0.347. The van der Waals surface area contributed by atoms with Gasteiger partial charge in [-0.15, -0.1) is 0 Å². The Hall–Kier alpha value is -0.970. The van der Waals surface area contributed by atoms with Gasteiger partial charge in [0.2, 0.25) is 0 Å². The summed E-state index contributed by atoms with van der Waals surface area (Å²) in [5.74, 6) is 4.40.